The summed E-state index contributed by atoms with van der Waals surface area (Å²) in [6.07, 6.45) is 4.53. The molecule has 0 bridgehead atoms. The van der Waals surface area contributed by atoms with Crippen LogP contribution in [0.3, 0.4) is 0 Å². The van der Waals surface area contributed by atoms with E-state index in [9.17, 15) is 9.18 Å². The summed E-state index contributed by atoms with van der Waals surface area (Å²) < 4.78 is 18.6. The minimum absolute atomic E-state index is 0.107. The van der Waals surface area contributed by atoms with Crippen LogP contribution in [0.1, 0.15) is 12.8 Å². The van der Waals surface area contributed by atoms with E-state index < -0.39 is 5.82 Å². The number of rotatable bonds is 3. The van der Waals surface area contributed by atoms with Gasteiger partial charge in [0.15, 0.2) is 5.82 Å². The van der Waals surface area contributed by atoms with Gasteiger partial charge in [-0.1, -0.05) is 0 Å². The zero-order chi connectivity index (χ0) is 15.1. The van der Waals surface area contributed by atoms with E-state index in [0.717, 1.165) is 25.9 Å². The topological polar surface area (TPSA) is 67.3 Å². The second-order valence-electron chi connectivity index (χ2n) is 6.46. The second-order valence-corrected chi connectivity index (χ2v) is 6.46. The predicted molar refractivity (Wildman–Crippen MR) is 76.7 cm³/mol. The van der Waals surface area contributed by atoms with E-state index in [1.165, 1.54) is 12.4 Å². The van der Waals surface area contributed by atoms with Crippen LogP contribution in [0.15, 0.2) is 12.4 Å². The molecule has 3 aliphatic rings. The molecular weight excluding hydrogens is 287 g/mol. The summed E-state index contributed by atoms with van der Waals surface area (Å²) in [5.74, 6) is 0.643. The molecule has 0 radical (unpaired) electrons. The zero-order valence-corrected chi connectivity index (χ0v) is 12.2. The average Bonchev–Trinajstić information content (AvgIpc) is 3.22. The first kappa shape index (κ1) is 13.9. The van der Waals surface area contributed by atoms with Crippen LogP contribution in [0.25, 0.3) is 0 Å². The monoisotopic (exact) mass is 306 g/mol. The van der Waals surface area contributed by atoms with Crippen molar-refractivity contribution in [1.82, 2.24) is 15.3 Å². The molecule has 1 aromatic rings. The van der Waals surface area contributed by atoms with Gasteiger partial charge in [-0.05, 0) is 18.8 Å². The molecule has 0 spiro atoms. The van der Waals surface area contributed by atoms with Crippen LogP contribution in [-0.4, -0.2) is 48.2 Å². The van der Waals surface area contributed by atoms with Crippen molar-refractivity contribution in [3.8, 4) is 0 Å². The minimum atomic E-state index is -0.439. The van der Waals surface area contributed by atoms with Crippen molar-refractivity contribution >= 4 is 11.9 Å². The van der Waals surface area contributed by atoms with Gasteiger partial charge >= 0.3 is 0 Å². The summed E-state index contributed by atoms with van der Waals surface area (Å²) in [4.78, 5) is 22.5. The maximum absolute atomic E-state index is 12.9. The Labute approximate surface area is 128 Å². The van der Waals surface area contributed by atoms with Gasteiger partial charge in [-0.3, -0.25) is 4.79 Å². The normalized spacial score (nSPS) is 31.0. The van der Waals surface area contributed by atoms with Gasteiger partial charge in [-0.2, -0.15) is 0 Å². The highest BCUT2D eigenvalue weighted by Gasteiger charge is 2.45. The lowest BCUT2D eigenvalue weighted by atomic mass is 9.82. The molecule has 3 heterocycles. The number of nitrogens with zero attached hydrogens (tertiary/aromatic N) is 3. The molecule has 3 atom stereocenters. The van der Waals surface area contributed by atoms with Gasteiger partial charge in [0.1, 0.15) is 0 Å². The highest BCUT2D eigenvalue weighted by molar-refractivity contribution is 5.80. The summed E-state index contributed by atoms with van der Waals surface area (Å²) in [5.41, 5.74) is 0. The fourth-order valence-electron chi connectivity index (χ4n) is 3.44. The largest absolute Gasteiger partial charge is 0.380 e. The van der Waals surface area contributed by atoms with Crippen molar-refractivity contribution < 1.29 is 13.9 Å². The lowest BCUT2D eigenvalue weighted by Crippen LogP contribution is -2.45. The van der Waals surface area contributed by atoms with Crippen molar-refractivity contribution in [2.45, 2.75) is 18.9 Å². The predicted octanol–water partition coefficient (Wildman–Crippen LogP) is 0.593. The van der Waals surface area contributed by atoms with Gasteiger partial charge in [-0.15, -0.1) is 0 Å². The third-order valence-electron chi connectivity index (χ3n) is 4.79. The maximum atomic E-state index is 12.9. The summed E-state index contributed by atoms with van der Waals surface area (Å²) in [7, 11) is 0. The summed E-state index contributed by atoms with van der Waals surface area (Å²) in [6.45, 7) is 2.62. The molecule has 1 aromatic heterocycles. The molecule has 1 N–H and O–H groups in total. The molecule has 2 aliphatic heterocycles. The van der Waals surface area contributed by atoms with Gasteiger partial charge in [0, 0.05) is 25.0 Å². The minimum Gasteiger partial charge on any atom is -0.380 e. The van der Waals surface area contributed by atoms with Crippen LogP contribution in [0, 0.1) is 23.6 Å². The number of aromatic nitrogens is 2. The summed E-state index contributed by atoms with van der Waals surface area (Å²) in [5, 5.41) is 3.08. The van der Waals surface area contributed by atoms with Crippen LogP contribution in [-0.2, 0) is 9.53 Å². The van der Waals surface area contributed by atoms with Crippen molar-refractivity contribution in [1.29, 1.82) is 0 Å². The first-order chi connectivity index (χ1) is 10.7. The third kappa shape index (κ3) is 2.65. The molecule has 4 rings (SSSR count). The Morgan fingerprint density at radius 2 is 2.05 bits per heavy atom. The van der Waals surface area contributed by atoms with E-state index in [1.54, 1.807) is 0 Å². The molecule has 1 aliphatic carbocycles. The number of halogens is 1. The van der Waals surface area contributed by atoms with Gasteiger partial charge in [0.2, 0.25) is 11.9 Å². The fraction of sp³-hybridized carbons (Fsp3) is 0.667. The van der Waals surface area contributed by atoms with E-state index in [0.29, 0.717) is 31.1 Å². The van der Waals surface area contributed by atoms with Gasteiger partial charge in [0.05, 0.1) is 31.5 Å². The molecule has 0 aromatic carbocycles. The number of fused-ring (bicyclic) bond motifs is 1. The average molecular weight is 306 g/mol. The molecule has 1 amide bonds. The Kier molecular flexibility index (Phi) is 3.44. The van der Waals surface area contributed by atoms with E-state index >= 15 is 0 Å². The summed E-state index contributed by atoms with van der Waals surface area (Å²) >= 11 is 0. The number of amides is 1. The Hall–Kier alpha value is -1.76. The van der Waals surface area contributed by atoms with Crippen LogP contribution >= 0.6 is 0 Å². The number of carbonyl (C=O) groups excluding carboxylic acids is 1. The molecular formula is C15H19FN4O2. The molecule has 3 fully saturated rings. The van der Waals surface area contributed by atoms with Crippen LogP contribution in [0.5, 0.6) is 0 Å². The zero-order valence-electron chi connectivity index (χ0n) is 12.2. The van der Waals surface area contributed by atoms with Gasteiger partial charge in [0.25, 0.3) is 0 Å². The Morgan fingerprint density at radius 1 is 1.27 bits per heavy atom. The highest BCUT2D eigenvalue weighted by atomic mass is 19.1. The molecule has 1 saturated carbocycles. The molecule has 0 unspecified atom stereocenters. The van der Waals surface area contributed by atoms with E-state index in [4.69, 9.17) is 4.74 Å². The number of hydrogen-bond acceptors (Lipinski definition) is 5. The molecule has 7 heteroatoms. The molecule has 6 nitrogen and oxygen atoms in total. The summed E-state index contributed by atoms with van der Waals surface area (Å²) in [6, 6.07) is 0.366. The van der Waals surface area contributed by atoms with Gasteiger partial charge in [-0.25, -0.2) is 14.4 Å². The van der Waals surface area contributed by atoms with Crippen LogP contribution in [0.4, 0.5) is 10.3 Å². The van der Waals surface area contributed by atoms with E-state index in [2.05, 4.69) is 15.3 Å². The van der Waals surface area contributed by atoms with E-state index in [1.807, 2.05) is 4.90 Å². The number of hydrogen-bond donors (Lipinski definition) is 1. The maximum Gasteiger partial charge on any atom is 0.226 e. The Bertz CT molecular complexity index is 563. The Balaban J connectivity index is 1.47. The van der Waals surface area contributed by atoms with Crippen molar-refractivity contribution in [2.75, 3.05) is 31.2 Å². The number of ether oxygens (including phenoxy) is 1. The van der Waals surface area contributed by atoms with Crippen LogP contribution < -0.4 is 10.2 Å². The SMILES string of the molecule is O=C(NC1CC1)[C@H]1COC[C@H]2CN(c3ncc(F)cn3)C[C@H]21. The van der Waals surface area contributed by atoms with Crippen molar-refractivity contribution in [2.24, 2.45) is 17.8 Å². The third-order valence-corrected chi connectivity index (χ3v) is 4.79. The van der Waals surface area contributed by atoms with Gasteiger partial charge < -0.3 is 15.0 Å². The lowest BCUT2D eigenvalue weighted by Gasteiger charge is -2.31. The molecule has 118 valence electrons. The number of nitrogens with one attached hydrogen (secondary N) is 1. The smallest absolute Gasteiger partial charge is 0.226 e. The van der Waals surface area contributed by atoms with E-state index in [-0.39, 0.29) is 17.7 Å². The highest BCUT2D eigenvalue weighted by Crippen LogP contribution is 2.36. The Morgan fingerprint density at radius 3 is 2.77 bits per heavy atom. The first-order valence-electron chi connectivity index (χ1n) is 7.81. The number of carbonyl (C=O) groups is 1. The lowest BCUT2D eigenvalue weighted by molar-refractivity contribution is -0.133. The first-order valence-corrected chi connectivity index (χ1v) is 7.81. The standard InChI is InChI=1S/C15H19FN4O2/c16-10-3-17-15(18-4-10)20-5-9-7-22-8-13(12(9)6-20)14(21)19-11-1-2-11/h3-4,9,11-13H,1-2,5-8H2,(H,19,21)/t9-,12-,13+/m1/s1. The molecule has 22 heavy (non-hydrogen) atoms. The fourth-order valence-corrected chi connectivity index (χ4v) is 3.44. The van der Waals surface area contributed by atoms with Crippen molar-refractivity contribution in [3.05, 3.63) is 18.2 Å². The van der Waals surface area contributed by atoms with Crippen LogP contribution in [0.2, 0.25) is 0 Å². The quantitative estimate of drug-likeness (QED) is 0.885. The second kappa shape index (κ2) is 5.46. The molecule has 2 saturated heterocycles. The number of anilines is 1. The van der Waals surface area contributed by atoms with Crippen molar-refractivity contribution in [3.63, 3.8) is 0 Å².